The smallest absolute Gasteiger partial charge is 0.225 e. The number of aromatic nitrogens is 2. The number of benzene rings is 1. The van der Waals surface area contributed by atoms with E-state index >= 15 is 0 Å². The van der Waals surface area contributed by atoms with Crippen molar-refractivity contribution in [2.75, 3.05) is 19.0 Å². The molecule has 0 spiro atoms. The number of rotatable bonds is 6. The molecule has 7 heteroatoms. The number of nitrogens with one attached hydrogen (secondary N) is 1. The summed E-state index contributed by atoms with van der Waals surface area (Å²) in [5, 5.41) is 0. The number of hydrogen-bond donors (Lipinski definition) is 1. The van der Waals surface area contributed by atoms with Crippen molar-refractivity contribution < 1.29 is 8.42 Å². The Morgan fingerprint density at radius 3 is 2.68 bits per heavy atom. The van der Waals surface area contributed by atoms with Crippen LogP contribution in [0.3, 0.4) is 0 Å². The fraction of sp³-hybridized carbons (Fsp3) is 0.333. The molecule has 0 unspecified atom stereocenters. The van der Waals surface area contributed by atoms with Crippen LogP contribution in [0, 0.1) is 6.92 Å². The third-order valence-corrected chi connectivity index (χ3v) is 4.31. The SMILES string of the molecule is Cc1cccc(CS(=O)(=O)NCc2ccnc(N(C)C)n2)c1. The van der Waals surface area contributed by atoms with Gasteiger partial charge in [-0.15, -0.1) is 0 Å². The van der Waals surface area contributed by atoms with Crippen LogP contribution in [0.15, 0.2) is 36.5 Å². The lowest BCUT2D eigenvalue weighted by atomic mass is 10.2. The predicted molar refractivity (Wildman–Crippen MR) is 87.0 cm³/mol. The summed E-state index contributed by atoms with van der Waals surface area (Å²) in [6.45, 7) is 2.09. The van der Waals surface area contributed by atoms with Gasteiger partial charge >= 0.3 is 0 Å². The molecular weight excluding hydrogens is 300 g/mol. The van der Waals surface area contributed by atoms with Gasteiger partial charge in [-0.2, -0.15) is 0 Å². The number of sulfonamides is 1. The first kappa shape index (κ1) is 16.4. The normalized spacial score (nSPS) is 11.4. The van der Waals surface area contributed by atoms with Crippen molar-refractivity contribution in [3.63, 3.8) is 0 Å². The van der Waals surface area contributed by atoms with Gasteiger partial charge in [-0.3, -0.25) is 0 Å². The highest BCUT2D eigenvalue weighted by Gasteiger charge is 2.12. The third kappa shape index (κ3) is 4.78. The molecule has 2 aromatic rings. The summed E-state index contributed by atoms with van der Waals surface area (Å²) in [4.78, 5) is 10.2. The van der Waals surface area contributed by atoms with Gasteiger partial charge in [-0.05, 0) is 18.6 Å². The lowest BCUT2D eigenvalue weighted by Crippen LogP contribution is -2.25. The molecule has 22 heavy (non-hydrogen) atoms. The summed E-state index contributed by atoms with van der Waals surface area (Å²) in [5.41, 5.74) is 2.44. The molecule has 0 radical (unpaired) electrons. The van der Waals surface area contributed by atoms with E-state index in [1.54, 1.807) is 23.2 Å². The number of anilines is 1. The van der Waals surface area contributed by atoms with E-state index in [4.69, 9.17) is 0 Å². The van der Waals surface area contributed by atoms with Gasteiger partial charge in [-0.1, -0.05) is 29.8 Å². The number of hydrogen-bond acceptors (Lipinski definition) is 5. The molecule has 0 bridgehead atoms. The van der Waals surface area contributed by atoms with Crippen LogP contribution in [-0.4, -0.2) is 32.5 Å². The minimum atomic E-state index is -3.41. The molecule has 0 saturated carbocycles. The van der Waals surface area contributed by atoms with Gasteiger partial charge in [0.15, 0.2) is 0 Å². The van der Waals surface area contributed by atoms with Crippen molar-refractivity contribution in [2.24, 2.45) is 0 Å². The average Bonchev–Trinajstić information content (AvgIpc) is 2.45. The first-order valence-electron chi connectivity index (χ1n) is 6.88. The van der Waals surface area contributed by atoms with Crippen LogP contribution in [0.4, 0.5) is 5.95 Å². The van der Waals surface area contributed by atoms with E-state index in [1.165, 1.54) is 0 Å². The highest BCUT2D eigenvalue weighted by Crippen LogP contribution is 2.09. The maximum absolute atomic E-state index is 12.1. The van der Waals surface area contributed by atoms with Crippen LogP contribution >= 0.6 is 0 Å². The highest BCUT2D eigenvalue weighted by atomic mass is 32.2. The van der Waals surface area contributed by atoms with E-state index in [-0.39, 0.29) is 12.3 Å². The second-order valence-corrected chi connectivity index (χ2v) is 7.12. The van der Waals surface area contributed by atoms with Gasteiger partial charge in [0.25, 0.3) is 0 Å². The molecule has 1 N–H and O–H groups in total. The third-order valence-electron chi connectivity index (χ3n) is 3.01. The van der Waals surface area contributed by atoms with Crippen LogP contribution < -0.4 is 9.62 Å². The molecule has 6 nitrogen and oxygen atoms in total. The van der Waals surface area contributed by atoms with Crippen LogP contribution in [0.2, 0.25) is 0 Å². The van der Waals surface area contributed by atoms with E-state index in [1.807, 2.05) is 39.2 Å². The minimum Gasteiger partial charge on any atom is -0.347 e. The van der Waals surface area contributed by atoms with Crippen LogP contribution in [0.25, 0.3) is 0 Å². The number of aryl methyl sites for hydroxylation is 1. The van der Waals surface area contributed by atoms with E-state index in [0.717, 1.165) is 11.1 Å². The molecule has 0 amide bonds. The lowest BCUT2D eigenvalue weighted by molar-refractivity contribution is 0.579. The first-order chi connectivity index (χ1) is 10.4. The first-order valence-corrected chi connectivity index (χ1v) is 8.53. The van der Waals surface area contributed by atoms with Crippen molar-refractivity contribution in [3.8, 4) is 0 Å². The zero-order valence-electron chi connectivity index (χ0n) is 12.9. The Balaban J connectivity index is 2.02. The summed E-state index contributed by atoms with van der Waals surface area (Å²) in [6, 6.07) is 9.17. The zero-order chi connectivity index (χ0) is 16.2. The molecule has 2 rings (SSSR count). The van der Waals surface area contributed by atoms with Gasteiger partial charge in [0.05, 0.1) is 18.0 Å². The van der Waals surface area contributed by atoms with Crippen molar-refractivity contribution in [2.45, 2.75) is 19.2 Å². The van der Waals surface area contributed by atoms with Gasteiger partial charge in [0.2, 0.25) is 16.0 Å². The van der Waals surface area contributed by atoms with E-state index in [0.29, 0.717) is 11.6 Å². The van der Waals surface area contributed by atoms with Crippen molar-refractivity contribution >= 4 is 16.0 Å². The maximum atomic E-state index is 12.1. The molecule has 118 valence electrons. The Labute approximate surface area is 131 Å². The Kier molecular flexibility index (Phi) is 5.10. The molecule has 1 heterocycles. The Morgan fingerprint density at radius 1 is 1.23 bits per heavy atom. The van der Waals surface area contributed by atoms with Crippen molar-refractivity contribution in [1.29, 1.82) is 0 Å². The monoisotopic (exact) mass is 320 g/mol. The molecular formula is C15H20N4O2S. The molecule has 1 aromatic carbocycles. The predicted octanol–water partition coefficient (Wildman–Crippen LogP) is 1.47. The van der Waals surface area contributed by atoms with E-state index in [2.05, 4.69) is 14.7 Å². The van der Waals surface area contributed by atoms with Crippen molar-refractivity contribution in [1.82, 2.24) is 14.7 Å². The Hall–Kier alpha value is -1.99. The molecule has 0 atom stereocenters. The Bertz CT molecular complexity index is 745. The lowest BCUT2D eigenvalue weighted by Gasteiger charge is -2.11. The molecule has 0 aliphatic heterocycles. The average molecular weight is 320 g/mol. The van der Waals surface area contributed by atoms with Crippen molar-refractivity contribution in [3.05, 3.63) is 53.3 Å². The van der Waals surface area contributed by atoms with E-state index < -0.39 is 10.0 Å². The summed E-state index contributed by atoms with van der Waals surface area (Å²) in [7, 11) is 0.262. The molecule has 0 aliphatic carbocycles. The van der Waals surface area contributed by atoms with Gasteiger partial charge in [0, 0.05) is 20.3 Å². The summed E-state index contributed by atoms with van der Waals surface area (Å²) < 4.78 is 26.8. The summed E-state index contributed by atoms with van der Waals surface area (Å²) >= 11 is 0. The van der Waals surface area contributed by atoms with Crippen LogP contribution in [0.1, 0.15) is 16.8 Å². The molecule has 0 saturated heterocycles. The largest absolute Gasteiger partial charge is 0.347 e. The topological polar surface area (TPSA) is 75.2 Å². The molecule has 0 fully saturated rings. The van der Waals surface area contributed by atoms with Crippen LogP contribution in [-0.2, 0) is 22.3 Å². The van der Waals surface area contributed by atoms with Gasteiger partial charge in [0.1, 0.15) is 0 Å². The minimum absolute atomic E-state index is 0.0414. The fourth-order valence-electron chi connectivity index (χ4n) is 1.95. The summed E-state index contributed by atoms with van der Waals surface area (Å²) in [6.07, 6.45) is 1.62. The second-order valence-electron chi connectivity index (χ2n) is 5.31. The molecule has 0 aliphatic rings. The Morgan fingerprint density at radius 2 is 2.00 bits per heavy atom. The molecule has 1 aromatic heterocycles. The summed E-state index contributed by atoms with van der Waals surface area (Å²) in [5.74, 6) is 0.510. The quantitative estimate of drug-likeness (QED) is 0.872. The van der Waals surface area contributed by atoms with Gasteiger partial charge < -0.3 is 4.90 Å². The van der Waals surface area contributed by atoms with Gasteiger partial charge in [-0.25, -0.2) is 23.1 Å². The second kappa shape index (κ2) is 6.85. The van der Waals surface area contributed by atoms with E-state index in [9.17, 15) is 8.42 Å². The fourth-order valence-corrected chi connectivity index (χ4v) is 3.04. The number of nitrogens with zero attached hydrogens (tertiary/aromatic N) is 3. The standard InChI is InChI=1S/C15H20N4O2S/c1-12-5-4-6-13(9-12)11-22(20,21)17-10-14-7-8-16-15(18-14)19(2)3/h4-9,17H,10-11H2,1-3H3. The van der Waals surface area contributed by atoms with Crippen LogP contribution in [0.5, 0.6) is 0 Å². The highest BCUT2D eigenvalue weighted by molar-refractivity contribution is 7.88. The maximum Gasteiger partial charge on any atom is 0.225 e. The zero-order valence-corrected chi connectivity index (χ0v) is 13.8.